The third-order valence-corrected chi connectivity index (χ3v) is 3.52. The Hall–Kier alpha value is -1.47. The highest BCUT2D eigenvalue weighted by Crippen LogP contribution is 2.29. The van der Waals surface area contributed by atoms with Crippen LogP contribution in [0, 0.1) is 0 Å². The van der Waals surface area contributed by atoms with E-state index in [-0.39, 0.29) is 0 Å². The summed E-state index contributed by atoms with van der Waals surface area (Å²) in [5.74, 6) is 0. The second-order valence-corrected chi connectivity index (χ2v) is 4.66. The molecule has 2 aromatic rings. The van der Waals surface area contributed by atoms with Crippen LogP contribution in [0.2, 0.25) is 0 Å². The van der Waals surface area contributed by atoms with Gasteiger partial charge in [-0.25, -0.2) is 4.79 Å². The van der Waals surface area contributed by atoms with E-state index >= 15 is 0 Å². The monoisotopic (exact) mass is 255 g/mol. The van der Waals surface area contributed by atoms with Gasteiger partial charge in [0.2, 0.25) is 5.13 Å². The van der Waals surface area contributed by atoms with Crippen molar-refractivity contribution in [3.63, 3.8) is 0 Å². The van der Waals surface area contributed by atoms with Crippen molar-refractivity contribution in [1.29, 1.82) is 0 Å². The summed E-state index contributed by atoms with van der Waals surface area (Å²) in [6.45, 7) is 2.08. The number of hydrogen-bond donors (Lipinski definition) is 1. The highest BCUT2D eigenvalue weighted by molar-refractivity contribution is 7.23. The lowest BCUT2D eigenvalue weighted by Gasteiger charge is -1.99. The maximum atomic E-state index is 11.1. The van der Waals surface area contributed by atoms with Gasteiger partial charge in [0.05, 0.1) is 11.5 Å². The number of nitrogens with one attached hydrogen (secondary N) is 1. The van der Waals surface area contributed by atoms with Crippen LogP contribution in [0.3, 0.4) is 0 Å². The first-order valence-corrected chi connectivity index (χ1v) is 6.30. The number of amides is 1. The van der Waals surface area contributed by atoms with Crippen molar-refractivity contribution in [1.82, 2.24) is 10.2 Å². The molecular weight excluding hydrogens is 246 g/mol. The molecule has 7 heteroatoms. The van der Waals surface area contributed by atoms with Gasteiger partial charge in [0.1, 0.15) is 0 Å². The summed E-state index contributed by atoms with van der Waals surface area (Å²) >= 11 is 2.90. The fourth-order valence-corrected chi connectivity index (χ4v) is 2.55. The number of anilines is 1. The first kappa shape index (κ1) is 11.0. The van der Waals surface area contributed by atoms with Crippen LogP contribution in [0.15, 0.2) is 17.5 Å². The molecular formula is C9H9N3O2S2. The highest BCUT2D eigenvalue weighted by atomic mass is 32.1. The van der Waals surface area contributed by atoms with Gasteiger partial charge >= 0.3 is 6.09 Å². The molecule has 0 saturated carbocycles. The Morgan fingerprint density at radius 2 is 2.44 bits per heavy atom. The zero-order chi connectivity index (χ0) is 11.4. The van der Waals surface area contributed by atoms with E-state index in [0.717, 1.165) is 9.88 Å². The van der Waals surface area contributed by atoms with E-state index in [1.54, 1.807) is 18.3 Å². The summed E-state index contributed by atoms with van der Waals surface area (Å²) in [5.41, 5.74) is 0. The van der Waals surface area contributed by atoms with E-state index in [9.17, 15) is 4.79 Å². The van der Waals surface area contributed by atoms with Crippen LogP contribution in [-0.4, -0.2) is 22.9 Å². The highest BCUT2D eigenvalue weighted by Gasteiger charge is 2.10. The number of carbonyl (C=O) groups is 1. The van der Waals surface area contributed by atoms with Crippen LogP contribution in [0.4, 0.5) is 9.93 Å². The van der Waals surface area contributed by atoms with Crippen molar-refractivity contribution in [2.24, 2.45) is 0 Å². The molecule has 0 aromatic carbocycles. The SMILES string of the molecule is CCOC(=O)Nc1nnc(-c2cccs2)s1. The molecule has 0 atom stereocenters. The Labute approximate surface area is 100 Å². The number of carbonyl (C=O) groups excluding carboxylic acids is 1. The molecule has 0 unspecified atom stereocenters. The van der Waals surface area contributed by atoms with E-state index in [1.165, 1.54) is 11.3 Å². The van der Waals surface area contributed by atoms with Crippen LogP contribution in [0.5, 0.6) is 0 Å². The Morgan fingerprint density at radius 3 is 3.12 bits per heavy atom. The van der Waals surface area contributed by atoms with E-state index in [1.807, 2.05) is 17.5 Å². The lowest BCUT2D eigenvalue weighted by atomic mass is 10.5. The Bertz CT molecular complexity index is 467. The number of hydrogen-bond acceptors (Lipinski definition) is 6. The maximum absolute atomic E-state index is 11.1. The number of ether oxygens (including phenoxy) is 1. The van der Waals surface area contributed by atoms with Crippen LogP contribution in [0.25, 0.3) is 9.88 Å². The molecule has 0 aliphatic heterocycles. The van der Waals surface area contributed by atoms with Crippen molar-refractivity contribution in [2.75, 3.05) is 11.9 Å². The summed E-state index contributed by atoms with van der Waals surface area (Å²) in [4.78, 5) is 12.2. The topological polar surface area (TPSA) is 64.1 Å². The minimum absolute atomic E-state index is 0.336. The first-order valence-electron chi connectivity index (χ1n) is 4.60. The van der Waals surface area contributed by atoms with E-state index in [4.69, 9.17) is 4.74 Å². The molecule has 16 heavy (non-hydrogen) atoms. The van der Waals surface area contributed by atoms with Gasteiger partial charge in [-0.15, -0.1) is 21.5 Å². The quantitative estimate of drug-likeness (QED) is 0.916. The molecule has 5 nitrogen and oxygen atoms in total. The number of rotatable bonds is 3. The molecule has 0 radical (unpaired) electrons. The van der Waals surface area contributed by atoms with Crippen molar-refractivity contribution in [2.45, 2.75) is 6.92 Å². The Balaban J connectivity index is 2.06. The molecule has 1 amide bonds. The van der Waals surface area contributed by atoms with Gasteiger partial charge in [0.15, 0.2) is 5.01 Å². The second kappa shape index (κ2) is 5.04. The molecule has 0 aliphatic carbocycles. The van der Waals surface area contributed by atoms with E-state index in [2.05, 4.69) is 15.5 Å². The molecule has 2 rings (SSSR count). The van der Waals surface area contributed by atoms with Gasteiger partial charge in [-0.1, -0.05) is 17.4 Å². The van der Waals surface area contributed by atoms with E-state index in [0.29, 0.717) is 11.7 Å². The molecule has 2 aromatic heterocycles. The second-order valence-electron chi connectivity index (χ2n) is 2.74. The van der Waals surface area contributed by atoms with Gasteiger partial charge in [-0.2, -0.15) is 0 Å². The predicted molar refractivity (Wildman–Crippen MR) is 63.9 cm³/mol. The zero-order valence-corrected chi connectivity index (χ0v) is 10.1. The largest absolute Gasteiger partial charge is 0.450 e. The summed E-state index contributed by atoms with van der Waals surface area (Å²) in [6.07, 6.45) is -0.503. The summed E-state index contributed by atoms with van der Waals surface area (Å²) in [6, 6.07) is 3.90. The molecule has 1 N–H and O–H groups in total. The van der Waals surface area contributed by atoms with Crippen LogP contribution in [0.1, 0.15) is 6.92 Å². The van der Waals surface area contributed by atoms with Crippen molar-refractivity contribution in [3.05, 3.63) is 17.5 Å². The molecule has 0 saturated heterocycles. The first-order chi connectivity index (χ1) is 7.79. The minimum Gasteiger partial charge on any atom is -0.450 e. The lowest BCUT2D eigenvalue weighted by Crippen LogP contribution is -2.12. The third-order valence-electron chi connectivity index (χ3n) is 1.64. The van der Waals surface area contributed by atoms with Gasteiger partial charge in [-0.3, -0.25) is 5.32 Å². The maximum Gasteiger partial charge on any atom is 0.413 e. The summed E-state index contributed by atoms with van der Waals surface area (Å²) < 4.78 is 4.74. The summed E-state index contributed by atoms with van der Waals surface area (Å²) in [5, 5.41) is 13.6. The summed E-state index contributed by atoms with van der Waals surface area (Å²) in [7, 11) is 0. The number of nitrogens with zero attached hydrogens (tertiary/aromatic N) is 2. The molecule has 0 fully saturated rings. The molecule has 2 heterocycles. The van der Waals surface area contributed by atoms with Crippen LogP contribution >= 0.6 is 22.7 Å². The van der Waals surface area contributed by atoms with Gasteiger partial charge in [0.25, 0.3) is 0 Å². The van der Waals surface area contributed by atoms with Crippen molar-refractivity contribution >= 4 is 33.9 Å². The minimum atomic E-state index is -0.503. The average Bonchev–Trinajstić information content (AvgIpc) is 2.86. The fraction of sp³-hybridized carbons (Fsp3) is 0.222. The molecule has 0 aliphatic rings. The van der Waals surface area contributed by atoms with E-state index < -0.39 is 6.09 Å². The molecule has 0 spiro atoms. The van der Waals surface area contributed by atoms with Gasteiger partial charge < -0.3 is 4.74 Å². The normalized spacial score (nSPS) is 10.1. The fourth-order valence-electron chi connectivity index (χ4n) is 1.03. The number of thiophene rings is 1. The Kier molecular flexibility index (Phi) is 3.47. The van der Waals surface area contributed by atoms with Crippen molar-refractivity contribution < 1.29 is 9.53 Å². The van der Waals surface area contributed by atoms with Crippen LogP contribution in [-0.2, 0) is 4.74 Å². The number of aromatic nitrogens is 2. The van der Waals surface area contributed by atoms with Gasteiger partial charge in [-0.05, 0) is 18.4 Å². The standard InChI is InChI=1S/C9H9N3O2S2/c1-2-14-9(13)10-8-12-11-7(16-8)6-4-3-5-15-6/h3-5H,2H2,1H3,(H,10,12,13). The molecule has 84 valence electrons. The van der Waals surface area contributed by atoms with Crippen molar-refractivity contribution in [3.8, 4) is 9.88 Å². The third kappa shape index (κ3) is 2.56. The molecule has 0 bridgehead atoms. The lowest BCUT2D eigenvalue weighted by molar-refractivity contribution is 0.168. The zero-order valence-electron chi connectivity index (χ0n) is 8.47. The average molecular weight is 255 g/mol. The predicted octanol–water partition coefficient (Wildman–Crippen LogP) is 2.84. The smallest absolute Gasteiger partial charge is 0.413 e. The Morgan fingerprint density at radius 1 is 1.56 bits per heavy atom. The van der Waals surface area contributed by atoms with Crippen LogP contribution < -0.4 is 5.32 Å². The van der Waals surface area contributed by atoms with Gasteiger partial charge in [0, 0.05) is 0 Å².